The van der Waals surface area contributed by atoms with Crippen LogP contribution in [-0.2, 0) is 4.79 Å². The van der Waals surface area contributed by atoms with E-state index in [0.717, 1.165) is 24.0 Å². The van der Waals surface area contributed by atoms with E-state index < -0.39 is 16.9 Å². The number of allylic oxidation sites excluding steroid dienone is 4. The monoisotopic (exact) mass is 464 g/mol. The molecule has 0 heterocycles. The molecule has 2 fully saturated rings. The maximum absolute atomic E-state index is 15.1. The van der Waals surface area contributed by atoms with E-state index in [1.54, 1.807) is 31.1 Å². The first-order valence-corrected chi connectivity index (χ1v) is 12.2. The van der Waals surface area contributed by atoms with Crippen LogP contribution in [-0.4, -0.2) is 28.2 Å². The molecule has 2 saturated carbocycles. The van der Waals surface area contributed by atoms with Gasteiger partial charge in [-0.25, -0.2) is 0 Å². The Morgan fingerprint density at radius 3 is 2.53 bits per heavy atom. The lowest BCUT2D eigenvalue weighted by Crippen LogP contribution is -2.60. The number of halogens is 2. The number of benzene rings is 1. The van der Waals surface area contributed by atoms with Crippen molar-refractivity contribution in [3.8, 4) is 12.3 Å². The van der Waals surface area contributed by atoms with E-state index in [9.17, 15) is 14.7 Å². The van der Waals surface area contributed by atoms with Gasteiger partial charge in [0, 0.05) is 23.3 Å². The molecule has 0 spiro atoms. The molecular formula is C29H30F2O3. The maximum atomic E-state index is 15.1. The number of aliphatic hydroxyl groups is 1. The minimum absolute atomic E-state index is 0.0261. The van der Waals surface area contributed by atoms with Gasteiger partial charge in [0.05, 0.1) is 0 Å². The van der Waals surface area contributed by atoms with Gasteiger partial charge in [0.2, 0.25) is 0 Å². The maximum Gasteiger partial charge on any atom is 0.336 e. The molecule has 1 aromatic carbocycles. The molecule has 0 radical (unpaired) electrons. The quantitative estimate of drug-likeness (QED) is 0.455. The number of Topliss-reactive ketones (excluding diaryl/α,β-unsaturated/α-hetero) is 1. The highest BCUT2D eigenvalue weighted by Gasteiger charge is 2.71. The number of fused-ring (bicyclic) bond motifs is 4. The molecular weight excluding hydrogens is 434 g/mol. The van der Waals surface area contributed by atoms with Gasteiger partial charge < -0.3 is 5.11 Å². The number of hydrogen-bond acceptors (Lipinski definition) is 3. The van der Waals surface area contributed by atoms with Crippen molar-refractivity contribution in [3.05, 3.63) is 58.2 Å². The summed E-state index contributed by atoms with van der Waals surface area (Å²) >= 11 is 0. The van der Waals surface area contributed by atoms with Crippen LogP contribution in [0.3, 0.4) is 0 Å². The van der Waals surface area contributed by atoms with Gasteiger partial charge in [-0.05, 0) is 86.0 Å². The van der Waals surface area contributed by atoms with E-state index in [-0.39, 0.29) is 35.7 Å². The smallest absolute Gasteiger partial charge is 0.336 e. The highest BCUT2D eigenvalue weighted by molar-refractivity contribution is 5.94. The zero-order chi connectivity index (χ0) is 24.5. The third kappa shape index (κ3) is 3.11. The fourth-order valence-corrected chi connectivity index (χ4v) is 7.55. The van der Waals surface area contributed by atoms with Crippen molar-refractivity contribution < 1.29 is 23.5 Å². The second-order valence-corrected chi connectivity index (χ2v) is 10.8. The Labute approximate surface area is 199 Å². The summed E-state index contributed by atoms with van der Waals surface area (Å²) in [4.78, 5) is 24.0. The second kappa shape index (κ2) is 7.71. The molecule has 178 valence electrons. The first-order chi connectivity index (χ1) is 16.0. The summed E-state index contributed by atoms with van der Waals surface area (Å²) in [5.41, 5.74) is 1.75. The molecule has 5 atom stereocenters. The fourth-order valence-electron chi connectivity index (χ4n) is 7.55. The minimum Gasteiger partial charge on any atom is -0.382 e. The standard InChI is InChI=1S/C29H30F2O3/c1-4-29(30,31)28(34)14-13-25-23-11-9-20-15-21(33)10-12-22(20)26(23)24(16-27(25,28)3)19-7-5-18(6-8-19)17(2)32/h1,5-8,15,23-25,34H,9-14,16H2,2-3H3/t23?,24-,25?,27+,28+/m1/s1. The van der Waals surface area contributed by atoms with Crippen LogP contribution in [0.1, 0.15) is 80.6 Å². The Hall–Kier alpha value is -2.58. The molecule has 0 aromatic heterocycles. The van der Waals surface area contributed by atoms with Crippen LogP contribution in [0.4, 0.5) is 8.78 Å². The number of terminal acetylenes is 1. The van der Waals surface area contributed by atoms with Gasteiger partial charge in [-0.1, -0.05) is 36.8 Å². The average Bonchev–Trinajstić information content (AvgIpc) is 3.10. The van der Waals surface area contributed by atoms with Crippen LogP contribution in [0.2, 0.25) is 0 Å². The Kier molecular flexibility index (Phi) is 5.26. The Morgan fingerprint density at radius 1 is 1.18 bits per heavy atom. The number of rotatable bonds is 3. The van der Waals surface area contributed by atoms with Crippen LogP contribution in [0.25, 0.3) is 0 Å². The van der Waals surface area contributed by atoms with Crippen molar-refractivity contribution in [2.45, 2.75) is 76.2 Å². The van der Waals surface area contributed by atoms with Crippen molar-refractivity contribution in [2.24, 2.45) is 17.3 Å². The summed E-state index contributed by atoms with van der Waals surface area (Å²) < 4.78 is 30.2. The van der Waals surface area contributed by atoms with Crippen LogP contribution in [0.5, 0.6) is 0 Å². The average molecular weight is 465 g/mol. The summed E-state index contributed by atoms with van der Waals surface area (Å²) in [5, 5.41) is 11.5. The molecule has 0 aliphatic heterocycles. The van der Waals surface area contributed by atoms with Crippen molar-refractivity contribution >= 4 is 11.6 Å². The fraction of sp³-hybridized carbons (Fsp3) is 0.517. The molecule has 4 aliphatic carbocycles. The summed E-state index contributed by atoms with van der Waals surface area (Å²) in [5.74, 6) is -2.15. The lowest BCUT2D eigenvalue weighted by atomic mass is 9.50. The number of carbonyl (C=O) groups excluding carboxylic acids is 2. The van der Waals surface area contributed by atoms with E-state index in [1.165, 1.54) is 18.1 Å². The van der Waals surface area contributed by atoms with Gasteiger partial charge in [0.15, 0.2) is 11.6 Å². The van der Waals surface area contributed by atoms with Crippen molar-refractivity contribution in [3.63, 3.8) is 0 Å². The van der Waals surface area contributed by atoms with E-state index in [1.807, 2.05) is 12.1 Å². The summed E-state index contributed by atoms with van der Waals surface area (Å²) in [6.45, 7) is 3.31. The van der Waals surface area contributed by atoms with Crippen LogP contribution in [0, 0.1) is 29.6 Å². The Bertz CT molecular complexity index is 1170. The van der Waals surface area contributed by atoms with Crippen molar-refractivity contribution in [1.29, 1.82) is 0 Å². The number of hydrogen-bond donors (Lipinski definition) is 1. The molecule has 5 heteroatoms. The van der Waals surface area contributed by atoms with Gasteiger partial charge in [0.1, 0.15) is 5.60 Å². The highest BCUT2D eigenvalue weighted by Crippen LogP contribution is 2.69. The minimum atomic E-state index is -3.62. The van der Waals surface area contributed by atoms with E-state index in [4.69, 9.17) is 6.42 Å². The Balaban J connectivity index is 1.69. The van der Waals surface area contributed by atoms with Crippen LogP contribution >= 0.6 is 0 Å². The Morgan fingerprint density at radius 2 is 1.88 bits per heavy atom. The molecule has 0 amide bonds. The first-order valence-electron chi connectivity index (χ1n) is 12.2. The summed E-state index contributed by atoms with van der Waals surface area (Å²) in [6.07, 6.45) is 10.5. The molecule has 5 rings (SSSR count). The molecule has 0 bridgehead atoms. The van der Waals surface area contributed by atoms with Gasteiger partial charge in [-0.15, -0.1) is 6.42 Å². The van der Waals surface area contributed by atoms with Crippen LogP contribution in [0.15, 0.2) is 47.1 Å². The predicted molar refractivity (Wildman–Crippen MR) is 125 cm³/mol. The zero-order valence-electron chi connectivity index (χ0n) is 19.7. The summed E-state index contributed by atoms with van der Waals surface area (Å²) in [6, 6.07) is 7.39. The van der Waals surface area contributed by atoms with E-state index >= 15 is 8.78 Å². The van der Waals surface area contributed by atoms with Gasteiger partial charge in [-0.3, -0.25) is 9.59 Å². The van der Waals surface area contributed by atoms with Crippen LogP contribution < -0.4 is 0 Å². The van der Waals surface area contributed by atoms with E-state index in [2.05, 4.69) is 0 Å². The molecule has 34 heavy (non-hydrogen) atoms. The molecule has 2 unspecified atom stereocenters. The summed E-state index contributed by atoms with van der Waals surface area (Å²) in [7, 11) is 0. The lowest BCUT2D eigenvalue weighted by molar-refractivity contribution is -0.209. The third-order valence-electron chi connectivity index (χ3n) is 9.31. The third-order valence-corrected chi connectivity index (χ3v) is 9.31. The molecule has 0 saturated heterocycles. The zero-order valence-corrected chi connectivity index (χ0v) is 19.7. The van der Waals surface area contributed by atoms with Crippen molar-refractivity contribution in [1.82, 2.24) is 0 Å². The van der Waals surface area contributed by atoms with Gasteiger partial charge in [-0.2, -0.15) is 8.78 Å². The predicted octanol–water partition coefficient (Wildman–Crippen LogP) is 5.79. The highest BCUT2D eigenvalue weighted by atomic mass is 19.3. The number of carbonyl (C=O) groups is 2. The topological polar surface area (TPSA) is 54.4 Å². The van der Waals surface area contributed by atoms with E-state index in [0.29, 0.717) is 31.2 Å². The number of ketones is 2. The van der Waals surface area contributed by atoms with Crippen molar-refractivity contribution in [2.75, 3.05) is 0 Å². The lowest BCUT2D eigenvalue weighted by Gasteiger charge is -2.55. The largest absolute Gasteiger partial charge is 0.382 e. The SMILES string of the molecule is C#CC(F)(F)[C@]1(O)CCC2C3CCC4=CC(=O)CCC4=C3[C@@H](c3ccc(C(C)=O)cc3)C[C@@]21C. The van der Waals surface area contributed by atoms with Gasteiger partial charge >= 0.3 is 5.92 Å². The number of alkyl halides is 2. The van der Waals surface area contributed by atoms with Gasteiger partial charge in [0.25, 0.3) is 0 Å². The second-order valence-electron chi connectivity index (χ2n) is 10.8. The molecule has 1 aromatic rings. The molecule has 1 N–H and O–H groups in total. The molecule has 4 aliphatic rings. The first kappa shape index (κ1) is 23.2. The normalized spacial score (nSPS) is 35.1. The molecule has 3 nitrogen and oxygen atoms in total.